The summed E-state index contributed by atoms with van der Waals surface area (Å²) in [6.45, 7) is 8.25. The summed E-state index contributed by atoms with van der Waals surface area (Å²) >= 11 is 0. The summed E-state index contributed by atoms with van der Waals surface area (Å²) < 4.78 is 0. The van der Waals surface area contributed by atoms with E-state index in [1.807, 2.05) is 0 Å². The maximum atomic E-state index is 12.3. The Kier molecular flexibility index (Phi) is 4.42. The Hall–Kier alpha value is -2.62. The summed E-state index contributed by atoms with van der Waals surface area (Å²) in [5.74, 6) is -1.15. The Morgan fingerprint density at radius 1 is 1.37 bits per heavy atom. The van der Waals surface area contributed by atoms with Crippen LogP contribution in [0, 0.1) is 6.92 Å². The lowest BCUT2D eigenvalue weighted by Crippen LogP contribution is -2.10. The van der Waals surface area contributed by atoms with Gasteiger partial charge in [0, 0.05) is 16.7 Å². The molecule has 0 atom stereocenters. The zero-order valence-corrected chi connectivity index (χ0v) is 10.5. The average Bonchev–Trinajstić information content (AvgIpc) is 2.37. The third-order valence-corrected chi connectivity index (χ3v) is 2.70. The fraction of sp³-hybridized carbons (Fsp3) is 0.0667. The number of ketones is 1. The number of aliphatic hydroxyl groups is 1. The molecule has 0 aromatic heterocycles. The summed E-state index contributed by atoms with van der Waals surface area (Å²) in [5.41, 5.74) is 0.269. The van der Waals surface area contributed by atoms with E-state index in [-0.39, 0.29) is 22.5 Å². The quantitative estimate of drug-likeness (QED) is 0.280. The van der Waals surface area contributed by atoms with Gasteiger partial charge in [0.05, 0.1) is 5.57 Å². The van der Waals surface area contributed by atoms with Crippen molar-refractivity contribution >= 4 is 12.1 Å². The lowest BCUT2D eigenvalue weighted by molar-refractivity contribution is -0.104. The SMILES string of the molecule is C=C/C(C=O)=C(\C(=C)O)C(=O)c1cccc(O)c1C. The van der Waals surface area contributed by atoms with Crippen LogP contribution in [0.4, 0.5) is 0 Å². The Bertz CT molecular complexity index is 584. The van der Waals surface area contributed by atoms with Gasteiger partial charge < -0.3 is 10.2 Å². The van der Waals surface area contributed by atoms with Crippen LogP contribution in [0.3, 0.4) is 0 Å². The minimum absolute atomic E-state index is 0.0417. The van der Waals surface area contributed by atoms with Gasteiger partial charge in [-0.3, -0.25) is 9.59 Å². The molecule has 0 amide bonds. The molecule has 0 saturated carbocycles. The smallest absolute Gasteiger partial charge is 0.197 e. The number of hydrogen-bond donors (Lipinski definition) is 2. The molecule has 2 N–H and O–H groups in total. The zero-order valence-electron chi connectivity index (χ0n) is 10.5. The van der Waals surface area contributed by atoms with E-state index in [9.17, 15) is 19.8 Å². The van der Waals surface area contributed by atoms with Gasteiger partial charge in [0.1, 0.15) is 11.5 Å². The van der Waals surface area contributed by atoms with E-state index < -0.39 is 11.5 Å². The molecule has 0 saturated heterocycles. The Morgan fingerprint density at radius 3 is 2.47 bits per heavy atom. The number of carbonyl (C=O) groups excluding carboxylic acids is 2. The first-order valence-electron chi connectivity index (χ1n) is 5.47. The Balaban J connectivity index is 3.50. The van der Waals surface area contributed by atoms with Crippen molar-refractivity contribution in [3.63, 3.8) is 0 Å². The van der Waals surface area contributed by atoms with Gasteiger partial charge in [0.25, 0.3) is 0 Å². The van der Waals surface area contributed by atoms with Crippen molar-refractivity contribution in [2.75, 3.05) is 0 Å². The number of carbonyl (C=O) groups is 2. The first-order chi connectivity index (χ1) is 8.93. The number of rotatable bonds is 5. The summed E-state index contributed by atoms with van der Waals surface area (Å²) in [7, 11) is 0. The van der Waals surface area contributed by atoms with Crippen LogP contribution in [-0.4, -0.2) is 22.3 Å². The second-order valence-electron chi connectivity index (χ2n) is 3.88. The van der Waals surface area contributed by atoms with Gasteiger partial charge in [-0.1, -0.05) is 31.4 Å². The molecule has 0 aliphatic heterocycles. The summed E-state index contributed by atoms with van der Waals surface area (Å²) in [6, 6.07) is 4.44. The minimum atomic E-state index is -0.595. The second kappa shape index (κ2) is 5.82. The second-order valence-corrected chi connectivity index (χ2v) is 3.88. The monoisotopic (exact) mass is 258 g/mol. The third kappa shape index (κ3) is 2.80. The van der Waals surface area contributed by atoms with E-state index in [1.165, 1.54) is 24.3 Å². The lowest BCUT2D eigenvalue weighted by Gasteiger charge is -2.10. The van der Waals surface area contributed by atoms with Crippen molar-refractivity contribution in [3.8, 4) is 5.75 Å². The van der Waals surface area contributed by atoms with Crippen molar-refractivity contribution in [1.82, 2.24) is 0 Å². The number of phenols is 1. The number of aldehydes is 1. The summed E-state index contributed by atoms with van der Waals surface area (Å²) in [5, 5.41) is 19.1. The lowest BCUT2D eigenvalue weighted by atomic mass is 9.94. The van der Waals surface area contributed by atoms with Gasteiger partial charge in [-0.05, 0) is 13.0 Å². The van der Waals surface area contributed by atoms with Crippen LogP contribution >= 0.6 is 0 Å². The van der Waals surface area contributed by atoms with Crippen LogP contribution in [-0.2, 0) is 4.79 Å². The molecule has 19 heavy (non-hydrogen) atoms. The number of aliphatic hydroxyl groups excluding tert-OH is 1. The highest BCUT2D eigenvalue weighted by atomic mass is 16.3. The van der Waals surface area contributed by atoms with Crippen molar-refractivity contribution in [2.45, 2.75) is 6.92 Å². The number of phenolic OH excluding ortho intramolecular Hbond substituents is 1. The predicted molar refractivity (Wildman–Crippen MR) is 72.2 cm³/mol. The van der Waals surface area contributed by atoms with Crippen LogP contribution in [0.25, 0.3) is 0 Å². The molecule has 98 valence electrons. The third-order valence-electron chi connectivity index (χ3n) is 2.70. The first-order valence-corrected chi connectivity index (χ1v) is 5.47. The van der Waals surface area contributed by atoms with E-state index in [2.05, 4.69) is 13.2 Å². The highest BCUT2D eigenvalue weighted by Gasteiger charge is 2.21. The van der Waals surface area contributed by atoms with Gasteiger partial charge >= 0.3 is 0 Å². The Morgan fingerprint density at radius 2 is 2.00 bits per heavy atom. The average molecular weight is 258 g/mol. The van der Waals surface area contributed by atoms with E-state index in [0.717, 1.165) is 0 Å². The molecule has 0 aliphatic carbocycles. The number of Topliss-reactive ketones (excluding diaryl/α,β-unsaturated/α-hetero) is 1. The van der Waals surface area contributed by atoms with Gasteiger partial charge in [0.2, 0.25) is 0 Å². The van der Waals surface area contributed by atoms with Crippen molar-refractivity contribution < 1.29 is 19.8 Å². The first kappa shape index (κ1) is 14.4. The van der Waals surface area contributed by atoms with Gasteiger partial charge in [-0.25, -0.2) is 0 Å². The van der Waals surface area contributed by atoms with Crippen molar-refractivity contribution in [2.24, 2.45) is 0 Å². The molecule has 4 heteroatoms. The van der Waals surface area contributed by atoms with Gasteiger partial charge in [0.15, 0.2) is 12.1 Å². The number of hydrogen-bond acceptors (Lipinski definition) is 4. The number of allylic oxidation sites excluding steroid dienone is 3. The van der Waals surface area contributed by atoms with Crippen LogP contribution in [0.15, 0.2) is 54.3 Å². The predicted octanol–water partition coefficient (Wildman–Crippen LogP) is 2.64. The minimum Gasteiger partial charge on any atom is -0.508 e. The molecule has 0 unspecified atom stereocenters. The molecule has 0 aliphatic rings. The topological polar surface area (TPSA) is 74.6 Å². The van der Waals surface area contributed by atoms with E-state index >= 15 is 0 Å². The van der Waals surface area contributed by atoms with E-state index in [4.69, 9.17) is 0 Å². The summed E-state index contributed by atoms with van der Waals surface area (Å²) in [6.07, 6.45) is 1.58. The maximum absolute atomic E-state index is 12.3. The van der Waals surface area contributed by atoms with Crippen LogP contribution < -0.4 is 0 Å². The molecule has 1 aromatic rings. The standard InChI is InChI=1S/C15H14O4/c1-4-11(8-16)14(10(3)17)15(19)12-6-5-7-13(18)9(12)2/h4-8,17-18H,1,3H2,2H3/b14-11-. The van der Waals surface area contributed by atoms with Crippen molar-refractivity contribution in [1.29, 1.82) is 0 Å². The molecular weight excluding hydrogens is 244 g/mol. The van der Waals surface area contributed by atoms with Crippen LogP contribution in [0.1, 0.15) is 15.9 Å². The molecule has 1 aromatic carbocycles. The van der Waals surface area contributed by atoms with Gasteiger partial charge in [-0.15, -0.1) is 0 Å². The van der Waals surface area contributed by atoms with Crippen LogP contribution in [0.2, 0.25) is 0 Å². The largest absolute Gasteiger partial charge is 0.508 e. The number of benzene rings is 1. The molecule has 0 heterocycles. The van der Waals surface area contributed by atoms with Crippen LogP contribution in [0.5, 0.6) is 5.75 Å². The van der Waals surface area contributed by atoms with Gasteiger partial charge in [-0.2, -0.15) is 0 Å². The molecule has 4 nitrogen and oxygen atoms in total. The molecular formula is C15H14O4. The summed E-state index contributed by atoms with van der Waals surface area (Å²) in [4.78, 5) is 23.2. The zero-order chi connectivity index (χ0) is 14.6. The maximum Gasteiger partial charge on any atom is 0.197 e. The molecule has 0 fully saturated rings. The molecule has 0 spiro atoms. The fourth-order valence-electron chi connectivity index (χ4n) is 1.64. The van der Waals surface area contributed by atoms with Crippen molar-refractivity contribution in [3.05, 3.63) is 65.5 Å². The highest BCUT2D eigenvalue weighted by Crippen LogP contribution is 2.25. The molecule has 0 radical (unpaired) electrons. The number of aromatic hydroxyl groups is 1. The highest BCUT2D eigenvalue weighted by molar-refractivity contribution is 6.15. The Labute approximate surface area is 111 Å². The fourth-order valence-corrected chi connectivity index (χ4v) is 1.64. The molecule has 1 rings (SSSR count). The molecule has 0 bridgehead atoms. The normalized spacial score (nSPS) is 11.4. The van der Waals surface area contributed by atoms with E-state index in [1.54, 1.807) is 6.92 Å². The van der Waals surface area contributed by atoms with E-state index in [0.29, 0.717) is 11.8 Å².